The monoisotopic (exact) mass is 804 g/mol. The van der Waals surface area contributed by atoms with Gasteiger partial charge in [-0.05, 0) is 61.7 Å². The number of nitrogens with zero attached hydrogens (tertiary/aromatic N) is 2. The summed E-state index contributed by atoms with van der Waals surface area (Å²) in [5.74, 6) is 0.336. The molecule has 1 aliphatic heterocycles. The molecule has 4 aliphatic carbocycles. The van der Waals surface area contributed by atoms with E-state index in [4.69, 9.17) is 17.7 Å². The number of allylic oxidation sites excluding steroid dienone is 8. The minimum absolute atomic E-state index is 0. The Bertz CT molecular complexity index is 1990. The molecule has 5 aliphatic rings. The molecule has 0 bridgehead atoms. The molecule has 2 saturated carbocycles. The van der Waals surface area contributed by atoms with Crippen LogP contribution in [0, 0.1) is 18.8 Å². The van der Waals surface area contributed by atoms with E-state index in [2.05, 4.69) is 53.9 Å². The number of rotatable bonds is 5. The Balaban J connectivity index is 0.000000240. The fraction of sp³-hybridized carbons (Fsp3) is 0.415. The third-order valence-corrected chi connectivity index (χ3v) is 10.0. The standard InChI is InChI=1S/C24H26NS.C12H17.C5H6N.Ir/c1-16-13-14-22(25-15-16)21-12-6-11-20-19-10-5-9-18(23(19)26-24(20)21)17-7-3-2-4-8-17;1-3-7-11(8-4-1)12-9-5-2-6-10-12;1-2-3-4-5-6;/h5,9-12,15,17H,2-4,6-8,13-14H2,1H3;1,3,7-8,12H,2,4-6,9-10H2;2-5H,1H2;/q3*-1;+3/b;;4-3-;/i1D3,13D,14D,17D;;1D,2D,3D,4D;/b;;2-1?,4-3-;. The maximum atomic E-state index is 9.18. The quantitative estimate of drug-likeness (QED) is 0.164. The third kappa shape index (κ3) is 9.44. The van der Waals surface area contributed by atoms with Gasteiger partial charge in [-0.15, -0.1) is 11.6 Å². The van der Waals surface area contributed by atoms with Crippen LogP contribution in [0.2, 0.25) is 0 Å². The largest absolute Gasteiger partial charge is 3.00 e. The van der Waals surface area contributed by atoms with E-state index in [0.29, 0.717) is 24.9 Å². The number of hydrogen-bond acceptors (Lipinski definition) is 2. The fourth-order valence-corrected chi connectivity index (χ4v) is 7.99. The maximum absolute atomic E-state index is 9.18. The van der Waals surface area contributed by atoms with Crippen LogP contribution < -0.4 is 9.75 Å². The normalized spacial score (nSPS) is 28.2. The van der Waals surface area contributed by atoms with Crippen molar-refractivity contribution in [3.8, 4) is 0 Å². The summed E-state index contributed by atoms with van der Waals surface area (Å²) in [7, 11) is 0. The second-order valence-corrected chi connectivity index (χ2v) is 12.6. The van der Waals surface area contributed by atoms with Gasteiger partial charge in [-0.3, -0.25) is 0 Å². The number of thiophene rings is 1. The summed E-state index contributed by atoms with van der Waals surface area (Å²) >= 11 is 1.65. The van der Waals surface area contributed by atoms with Crippen molar-refractivity contribution in [2.75, 3.05) is 0 Å². The van der Waals surface area contributed by atoms with E-state index >= 15 is 0 Å². The van der Waals surface area contributed by atoms with Crippen LogP contribution in [0.15, 0.2) is 83.5 Å². The molecule has 2 heterocycles. The second kappa shape index (κ2) is 18.5. The first-order valence-electron chi connectivity index (χ1n) is 21.2. The summed E-state index contributed by atoms with van der Waals surface area (Å²) in [5.41, 5.74) is 3.95. The Morgan fingerprint density at radius 3 is 2.64 bits per heavy atom. The fourth-order valence-electron chi connectivity index (χ4n) is 6.57. The molecule has 2 aromatic rings. The molecule has 0 spiro atoms. The number of aliphatic imine (C=N–C) groups is 1. The zero-order valence-corrected chi connectivity index (χ0v) is 29.0. The minimum Gasteiger partial charge on any atom is -0.811 e. The molecule has 1 aromatic heterocycles. The van der Waals surface area contributed by atoms with E-state index in [1.54, 1.807) is 16.9 Å². The Kier molecular flexibility index (Phi) is 9.71. The summed E-state index contributed by atoms with van der Waals surface area (Å²) in [6, 6.07) is 4.95. The van der Waals surface area contributed by atoms with Gasteiger partial charge in [0.15, 0.2) is 0 Å². The van der Waals surface area contributed by atoms with Crippen LogP contribution in [-0.4, -0.2) is 11.9 Å². The van der Waals surface area contributed by atoms with Gasteiger partial charge in [-0.1, -0.05) is 128 Å². The second-order valence-electron chi connectivity index (χ2n) is 11.6. The zero-order chi connectivity index (χ0) is 39.0. The number of benzene rings is 1. The topological polar surface area (TPSA) is 34.7 Å². The molecule has 2 fully saturated rings. The molecule has 2 atom stereocenters. The first kappa shape index (κ1) is 23.6. The summed E-state index contributed by atoms with van der Waals surface area (Å²) < 4.78 is 78.3. The van der Waals surface area contributed by atoms with Crippen molar-refractivity contribution in [3.63, 3.8) is 0 Å². The molecule has 0 saturated heterocycles. The third-order valence-electron chi connectivity index (χ3n) is 8.72. The summed E-state index contributed by atoms with van der Waals surface area (Å²) in [6.45, 7) is -1.77. The minimum atomic E-state index is -2.41. The molecule has 4 heteroatoms. The molecule has 1 aromatic carbocycles. The Hall–Kier alpha value is -2.65. The first-order chi connectivity index (χ1) is 25.8. The molecule has 238 valence electrons. The average Bonchev–Trinajstić information content (AvgIpc) is 3.58. The molecular weight excluding hydrogens is 745 g/mol. The number of hydrogen-bond donors (Lipinski definition) is 0. The van der Waals surface area contributed by atoms with Crippen LogP contribution in [0.3, 0.4) is 0 Å². The molecule has 2 nitrogen and oxygen atoms in total. The Labute approximate surface area is 303 Å². The summed E-state index contributed by atoms with van der Waals surface area (Å²) in [4.78, 5) is 4.40. The van der Waals surface area contributed by atoms with Gasteiger partial charge in [0.2, 0.25) is 0 Å². The van der Waals surface area contributed by atoms with E-state index in [0.717, 1.165) is 69.0 Å². The van der Waals surface area contributed by atoms with E-state index in [9.17, 15) is 1.37 Å². The SMILES string of the molecule is C1=CC(C2CCCCC2)=CC[CH-]1.[2H]C1C(C([2H])([2H])[2H])=CN=C(C2=c3sc4c(C5([2H])CCCCC5)cccc4c3=CC[CH-]2)C1[2H].[2H]C=C([2H])/C([2H])=C(/[2H])C=[N-].[Ir+3]. The molecule has 45 heavy (non-hydrogen) atoms. The number of fused-ring (bicyclic) bond motifs is 3. The van der Waals surface area contributed by atoms with Crippen LogP contribution in [0.4, 0.5) is 0 Å². The van der Waals surface area contributed by atoms with Crippen LogP contribution in [0.5, 0.6) is 0 Å². The van der Waals surface area contributed by atoms with Crippen LogP contribution in [0.25, 0.3) is 27.1 Å². The van der Waals surface area contributed by atoms with Gasteiger partial charge in [0.1, 0.15) is 0 Å². The molecular formula is C41H49IrN2S. The molecule has 2 unspecified atom stereocenters. The van der Waals surface area contributed by atoms with Crippen LogP contribution >= 0.6 is 11.3 Å². The zero-order valence-electron chi connectivity index (χ0n) is 35.8. The van der Waals surface area contributed by atoms with E-state index < -0.39 is 43.7 Å². The summed E-state index contributed by atoms with van der Waals surface area (Å²) in [5, 5.41) is 10.4. The van der Waals surface area contributed by atoms with Gasteiger partial charge in [-0.2, -0.15) is 18.2 Å². The van der Waals surface area contributed by atoms with Crippen molar-refractivity contribution in [2.45, 2.75) is 103 Å². The summed E-state index contributed by atoms with van der Waals surface area (Å²) in [6.07, 6.45) is 27.1. The van der Waals surface area contributed by atoms with Crippen molar-refractivity contribution in [3.05, 3.63) is 112 Å². The maximum Gasteiger partial charge on any atom is 3.00 e. The first-order valence-corrected chi connectivity index (χ1v) is 16.8. The van der Waals surface area contributed by atoms with Crippen molar-refractivity contribution in [2.24, 2.45) is 10.9 Å². The van der Waals surface area contributed by atoms with E-state index in [1.807, 2.05) is 6.42 Å². The Morgan fingerprint density at radius 2 is 1.91 bits per heavy atom. The Morgan fingerprint density at radius 1 is 1.09 bits per heavy atom. The smallest absolute Gasteiger partial charge is 0.811 e. The molecule has 0 radical (unpaired) electrons. The van der Waals surface area contributed by atoms with Gasteiger partial charge in [0.05, 0.1) is 5.48 Å². The molecule has 0 amide bonds. The van der Waals surface area contributed by atoms with Crippen molar-refractivity contribution < 1.29 is 33.8 Å². The van der Waals surface area contributed by atoms with E-state index in [1.165, 1.54) is 44.7 Å². The van der Waals surface area contributed by atoms with E-state index in [-0.39, 0.29) is 25.7 Å². The average molecular weight is 804 g/mol. The van der Waals surface area contributed by atoms with Gasteiger partial charge < -0.3 is 10.4 Å². The van der Waals surface area contributed by atoms with Gasteiger partial charge >= 0.3 is 20.1 Å². The molecule has 7 rings (SSSR count). The van der Waals surface area contributed by atoms with Gasteiger partial charge in [0.25, 0.3) is 0 Å². The van der Waals surface area contributed by atoms with Gasteiger partial charge in [-0.25, -0.2) is 29.9 Å². The van der Waals surface area contributed by atoms with Crippen molar-refractivity contribution in [1.82, 2.24) is 0 Å². The predicted molar refractivity (Wildman–Crippen MR) is 196 cm³/mol. The van der Waals surface area contributed by atoms with Crippen LogP contribution in [-0.2, 0) is 20.1 Å². The van der Waals surface area contributed by atoms with Crippen LogP contribution in [0.1, 0.15) is 122 Å². The molecule has 0 N–H and O–H groups in total. The van der Waals surface area contributed by atoms with Crippen molar-refractivity contribution >= 4 is 45.0 Å². The predicted octanol–water partition coefficient (Wildman–Crippen LogP) is 10.7. The van der Waals surface area contributed by atoms with Gasteiger partial charge in [0, 0.05) is 19.1 Å². The van der Waals surface area contributed by atoms with Crippen molar-refractivity contribution in [1.29, 1.82) is 0 Å².